The minimum atomic E-state index is -3.49. The number of carbonyl (C=O) groups is 1. The highest BCUT2D eigenvalue weighted by Gasteiger charge is 2.15. The normalized spacial score (nSPS) is 11.3. The maximum absolute atomic E-state index is 13.3. The minimum absolute atomic E-state index is 0.232. The first kappa shape index (κ1) is 20.8. The summed E-state index contributed by atoms with van der Waals surface area (Å²) >= 11 is 6.02. The first-order chi connectivity index (χ1) is 13.5. The van der Waals surface area contributed by atoms with Crippen molar-refractivity contribution in [3.05, 3.63) is 64.7 Å². The van der Waals surface area contributed by atoms with Gasteiger partial charge in [0.05, 0.1) is 35.1 Å². The van der Waals surface area contributed by atoms with Crippen molar-refractivity contribution in [3.8, 4) is 11.4 Å². The number of halogens is 2. The lowest BCUT2D eigenvalue weighted by Crippen LogP contribution is -2.13. The Morgan fingerprint density at radius 2 is 1.86 bits per heavy atom. The highest BCUT2D eigenvalue weighted by Crippen LogP contribution is 2.26. The first-order valence-corrected chi connectivity index (χ1v) is 10.7. The highest BCUT2D eigenvalue weighted by molar-refractivity contribution is 7.92. The third kappa shape index (κ3) is 5.12. The molecule has 2 N–H and O–H groups in total. The maximum atomic E-state index is 13.3. The Morgan fingerprint density at radius 3 is 2.52 bits per heavy atom. The molecule has 0 unspecified atom stereocenters. The average molecular weight is 437 g/mol. The number of hydrogen-bond donors (Lipinski definition) is 2. The largest absolute Gasteiger partial charge is 0.348 e. The number of nitrogens with zero attached hydrogens (tertiary/aromatic N) is 2. The molecule has 0 spiro atoms. The molecule has 2 aromatic heterocycles. The van der Waals surface area contributed by atoms with Gasteiger partial charge in [-0.25, -0.2) is 12.8 Å². The number of anilines is 2. The van der Waals surface area contributed by atoms with Gasteiger partial charge in [0.25, 0.3) is 5.91 Å². The molecule has 0 atom stereocenters. The summed E-state index contributed by atoms with van der Waals surface area (Å²) in [5.74, 6) is -0.850. The van der Waals surface area contributed by atoms with E-state index in [1.807, 2.05) is 0 Å². The van der Waals surface area contributed by atoms with Gasteiger partial charge >= 0.3 is 0 Å². The fourth-order valence-corrected chi connectivity index (χ4v) is 3.65. The van der Waals surface area contributed by atoms with Crippen molar-refractivity contribution in [1.82, 2.24) is 9.55 Å². The lowest BCUT2D eigenvalue weighted by atomic mass is 10.1. The van der Waals surface area contributed by atoms with E-state index in [2.05, 4.69) is 15.0 Å². The number of benzene rings is 1. The van der Waals surface area contributed by atoms with Gasteiger partial charge < -0.3 is 9.88 Å². The number of aromatic nitrogens is 2. The Labute approximate surface area is 172 Å². The van der Waals surface area contributed by atoms with Crippen LogP contribution in [0.2, 0.25) is 5.02 Å². The van der Waals surface area contributed by atoms with E-state index in [1.54, 1.807) is 30.8 Å². The standard InChI is InChI=1S/C19H18ClFN4O3S/c1-11-4-14(21)9-22-18(11)17-5-12(10-25(17)2)19(26)23-15-6-13(20)7-16(8-15)24-29(3,27)28/h4-10,24H,1-3H3,(H,23,26). The predicted octanol–water partition coefficient (Wildman–Crippen LogP) is 3.81. The van der Waals surface area contributed by atoms with Crippen LogP contribution in [0.15, 0.2) is 42.7 Å². The van der Waals surface area contributed by atoms with E-state index in [0.717, 1.165) is 12.5 Å². The SMILES string of the molecule is Cc1cc(F)cnc1-c1cc(C(=O)Nc2cc(Cl)cc(NS(C)(=O)=O)c2)cn1C. The van der Waals surface area contributed by atoms with Gasteiger partial charge in [-0.3, -0.25) is 14.5 Å². The zero-order chi connectivity index (χ0) is 21.3. The second-order valence-electron chi connectivity index (χ2n) is 6.60. The van der Waals surface area contributed by atoms with Crippen molar-refractivity contribution in [2.24, 2.45) is 7.05 Å². The molecular weight excluding hydrogens is 419 g/mol. The smallest absolute Gasteiger partial charge is 0.257 e. The molecule has 0 radical (unpaired) electrons. The molecule has 1 amide bonds. The van der Waals surface area contributed by atoms with Crippen molar-refractivity contribution in [2.75, 3.05) is 16.3 Å². The molecule has 0 saturated carbocycles. The molecule has 0 fully saturated rings. The molecule has 0 aliphatic rings. The molecule has 3 aromatic rings. The van der Waals surface area contributed by atoms with E-state index >= 15 is 0 Å². The maximum Gasteiger partial charge on any atom is 0.257 e. The topological polar surface area (TPSA) is 93.1 Å². The Balaban J connectivity index is 1.87. The zero-order valence-corrected chi connectivity index (χ0v) is 17.4. The molecule has 7 nitrogen and oxygen atoms in total. The fraction of sp³-hybridized carbons (Fsp3) is 0.158. The van der Waals surface area contributed by atoms with Crippen molar-refractivity contribution in [1.29, 1.82) is 0 Å². The van der Waals surface area contributed by atoms with Crippen LogP contribution in [0, 0.1) is 12.7 Å². The van der Waals surface area contributed by atoms with Crippen LogP contribution in [-0.4, -0.2) is 30.1 Å². The van der Waals surface area contributed by atoms with E-state index in [-0.39, 0.29) is 10.7 Å². The van der Waals surface area contributed by atoms with Crippen molar-refractivity contribution < 1.29 is 17.6 Å². The van der Waals surface area contributed by atoms with E-state index < -0.39 is 21.7 Å². The Morgan fingerprint density at radius 1 is 1.17 bits per heavy atom. The Bertz CT molecular complexity index is 1210. The number of aryl methyl sites for hydroxylation is 2. The number of nitrogens with one attached hydrogen (secondary N) is 2. The third-order valence-corrected chi connectivity index (χ3v) is 4.84. The van der Waals surface area contributed by atoms with Crippen LogP contribution in [0.3, 0.4) is 0 Å². The first-order valence-electron chi connectivity index (χ1n) is 8.40. The number of sulfonamides is 1. The van der Waals surface area contributed by atoms with Gasteiger partial charge in [0.2, 0.25) is 10.0 Å². The molecule has 0 aliphatic carbocycles. The van der Waals surface area contributed by atoms with Gasteiger partial charge in [-0.1, -0.05) is 11.6 Å². The van der Waals surface area contributed by atoms with E-state index in [1.165, 1.54) is 24.3 Å². The summed E-state index contributed by atoms with van der Waals surface area (Å²) < 4.78 is 40.2. The molecule has 0 saturated heterocycles. The lowest BCUT2D eigenvalue weighted by Gasteiger charge is -2.09. The molecule has 3 rings (SSSR count). The molecule has 152 valence electrons. The highest BCUT2D eigenvalue weighted by atomic mass is 35.5. The second-order valence-corrected chi connectivity index (χ2v) is 8.79. The minimum Gasteiger partial charge on any atom is -0.348 e. The number of pyridine rings is 1. The molecule has 2 heterocycles. The van der Waals surface area contributed by atoms with E-state index in [9.17, 15) is 17.6 Å². The van der Waals surface area contributed by atoms with Gasteiger partial charge in [-0.15, -0.1) is 0 Å². The van der Waals surface area contributed by atoms with Gasteiger partial charge in [0.15, 0.2) is 0 Å². The van der Waals surface area contributed by atoms with Gasteiger partial charge in [0, 0.05) is 24.0 Å². The van der Waals surface area contributed by atoms with Crippen LogP contribution >= 0.6 is 11.6 Å². The fourth-order valence-electron chi connectivity index (χ4n) is 2.87. The van der Waals surface area contributed by atoms with Crippen LogP contribution in [0.5, 0.6) is 0 Å². The molecule has 29 heavy (non-hydrogen) atoms. The van der Waals surface area contributed by atoms with Crippen LogP contribution < -0.4 is 10.0 Å². The number of amides is 1. The van der Waals surface area contributed by atoms with Crippen LogP contribution in [0.1, 0.15) is 15.9 Å². The summed E-state index contributed by atoms with van der Waals surface area (Å²) in [5, 5.41) is 2.95. The second kappa shape index (κ2) is 7.84. The lowest BCUT2D eigenvalue weighted by molar-refractivity contribution is 0.102. The average Bonchev–Trinajstić information content (AvgIpc) is 2.94. The number of rotatable bonds is 5. The van der Waals surface area contributed by atoms with Gasteiger partial charge in [-0.2, -0.15) is 0 Å². The quantitative estimate of drug-likeness (QED) is 0.636. The molecule has 0 bridgehead atoms. The number of carbonyl (C=O) groups excluding carboxylic acids is 1. The Hall–Kier alpha value is -2.91. The van der Waals surface area contributed by atoms with Crippen LogP contribution in [0.4, 0.5) is 15.8 Å². The van der Waals surface area contributed by atoms with Crippen molar-refractivity contribution in [2.45, 2.75) is 6.92 Å². The zero-order valence-electron chi connectivity index (χ0n) is 15.8. The molecular formula is C19H18ClFN4O3S. The van der Waals surface area contributed by atoms with Crippen molar-refractivity contribution >= 4 is 38.9 Å². The van der Waals surface area contributed by atoms with Gasteiger partial charge in [-0.05, 0) is 42.8 Å². The summed E-state index contributed by atoms with van der Waals surface area (Å²) in [4.78, 5) is 16.8. The van der Waals surface area contributed by atoms with E-state index in [0.29, 0.717) is 28.2 Å². The summed E-state index contributed by atoms with van der Waals surface area (Å²) in [6, 6.07) is 7.41. The van der Waals surface area contributed by atoms with Crippen LogP contribution in [-0.2, 0) is 17.1 Å². The van der Waals surface area contributed by atoms with Crippen molar-refractivity contribution in [3.63, 3.8) is 0 Å². The summed E-state index contributed by atoms with van der Waals surface area (Å²) in [6.45, 7) is 1.74. The van der Waals surface area contributed by atoms with Crippen LogP contribution in [0.25, 0.3) is 11.4 Å². The predicted molar refractivity (Wildman–Crippen MR) is 111 cm³/mol. The number of hydrogen-bond acceptors (Lipinski definition) is 4. The molecule has 10 heteroatoms. The monoisotopic (exact) mass is 436 g/mol. The van der Waals surface area contributed by atoms with Gasteiger partial charge in [0.1, 0.15) is 5.82 Å². The molecule has 1 aromatic carbocycles. The van der Waals surface area contributed by atoms with E-state index in [4.69, 9.17) is 11.6 Å². The summed E-state index contributed by atoms with van der Waals surface area (Å²) in [5.41, 5.74) is 2.77. The summed E-state index contributed by atoms with van der Waals surface area (Å²) in [7, 11) is -1.74. The molecule has 0 aliphatic heterocycles. The summed E-state index contributed by atoms with van der Waals surface area (Å²) in [6.07, 6.45) is 3.76. The third-order valence-electron chi connectivity index (χ3n) is 4.01. The Kier molecular flexibility index (Phi) is 5.63.